The molecule has 0 radical (unpaired) electrons. The third-order valence-electron chi connectivity index (χ3n) is 0.117. The number of halogens is 3. The second-order valence-corrected chi connectivity index (χ2v) is 2.78. The van der Waals surface area contributed by atoms with Gasteiger partial charge in [-0.15, -0.1) is 0 Å². The fourth-order valence-electron chi connectivity index (χ4n) is 0. The minimum atomic E-state index is -0.659. The molecule has 0 aliphatic rings. The first-order chi connectivity index (χ1) is 2.27. The summed E-state index contributed by atoms with van der Waals surface area (Å²) in [4.78, 5) is 0. The van der Waals surface area contributed by atoms with E-state index in [0.717, 1.165) is 0 Å². The molecule has 1 atom stereocenters. The second kappa shape index (κ2) is 3.58. The lowest BCUT2D eigenvalue weighted by Gasteiger charge is -1.82. The van der Waals surface area contributed by atoms with Crippen LogP contribution in [0.3, 0.4) is 0 Å². The molecule has 0 amide bonds. The van der Waals surface area contributed by atoms with Crippen LogP contribution in [0.25, 0.3) is 0 Å². The summed E-state index contributed by atoms with van der Waals surface area (Å²) >= 11 is 3.73. The molecule has 3 heteroatoms. The lowest BCUT2D eigenvalue weighted by atomic mass is 10.9. The summed E-state index contributed by atoms with van der Waals surface area (Å²) in [6.45, 7) is 0. The first-order valence-electron chi connectivity index (χ1n) is 1.11. The van der Waals surface area contributed by atoms with Crippen molar-refractivity contribution in [2.24, 2.45) is 0 Å². The molecule has 0 heterocycles. The zero-order chi connectivity index (χ0) is 4.28. The molecule has 0 aromatic rings. The SMILES string of the molecule is FC(I)CI. The molecule has 0 rings (SSSR count). The van der Waals surface area contributed by atoms with E-state index in [1.165, 1.54) is 0 Å². The Morgan fingerprint density at radius 3 is 2.00 bits per heavy atom. The third-order valence-corrected chi connectivity index (χ3v) is 3.02. The number of rotatable bonds is 1. The first kappa shape index (κ1) is 6.39. The van der Waals surface area contributed by atoms with E-state index in [9.17, 15) is 4.39 Å². The summed E-state index contributed by atoms with van der Waals surface area (Å²) in [7, 11) is 0. The van der Waals surface area contributed by atoms with Gasteiger partial charge in [0.05, 0.1) is 0 Å². The van der Waals surface area contributed by atoms with Crippen molar-refractivity contribution in [1.82, 2.24) is 0 Å². The molecule has 0 aliphatic heterocycles. The molecular weight excluding hydrogens is 297 g/mol. The van der Waals surface area contributed by atoms with Gasteiger partial charge < -0.3 is 0 Å². The molecule has 32 valence electrons. The van der Waals surface area contributed by atoms with Crippen molar-refractivity contribution in [3.63, 3.8) is 0 Å². The first-order valence-corrected chi connectivity index (χ1v) is 3.88. The Morgan fingerprint density at radius 1 is 1.80 bits per heavy atom. The van der Waals surface area contributed by atoms with E-state index < -0.39 is 4.18 Å². The van der Waals surface area contributed by atoms with Crippen molar-refractivity contribution in [1.29, 1.82) is 0 Å². The molecule has 0 bridgehead atoms. The molecule has 0 saturated carbocycles. The standard InChI is InChI=1S/C2H3FI2/c3-2(5)1-4/h2H,1H2. The Labute approximate surface area is 57.8 Å². The highest BCUT2D eigenvalue weighted by Crippen LogP contribution is 2.03. The number of hydrogen-bond donors (Lipinski definition) is 0. The Balaban J connectivity index is 2.54. The summed E-state index contributed by atoms with van der Waals surface area (Å²) in [5.41, 5.74) is 0. The highest BCUT2D eigenvalue weighted by atomic mass is 127. The summed E-state index contributed by atoms with van der Waals surface area (Å²) in [5.74, 6) is 0. The van der Waals surface area contributed by atoms with Crippen LogP contribution in [0.5, 0.6) is 0 Å². The van der Waals surface area contributed by atoms with Gasteiger partial charge in [-0.2, -0.15) is 0 Å². The van der Waals surface area contributed by atoms with Crippen LogP contribution in [-0.4, -0.2) is 8.61 Å². The van der Waals surface area contributed by atoms with Gasteiger partial charge in [-0.05, 0) is 22.6 Å². The van der Waals surface area contributed by atoms with E-state index in [1.807, 2.05) is 22.6 Å². The lowest BCUT2D eigenvalue weighted by molar-refractivity contribution is 0.514. The van der Waals surface area contributed by atoms with Gasteiger partial charge in [-0.25, -0.2) is 4.39 Å². The summed E-state index contributed by atoms with van der Waals surface area (Å²) < 4.78 is 11.3. The van der Waals surface area contributed by atoms with Gasteiger partial charge in [-0.3, -0.25) is 0 Å². The van der Waals surface area contributed by atoms with Crippen molar-refractivity contribution in [3.8, 4) is 0 Å². The van der Waals surface area contributed by atoms with E-state index in [1.54, 1.807) is 22.6 Å². The minimum Gasteiger partial charge on any atom is -0.235 e. The maximum absolute atomic E-state index is 11.4. The Bertz CT molecular complexity index is 21.6. The molecule has 0 saturated heterocycles. The summed E-state index contributed by atoms with van der Waals surface area (Å²) in [5, 5.41) is 0. The van der Waals surface area contributed by atoms with Gasteiger partial charge in [0.25, 0.3) is 0 Å². The van der Waals surface area contributed by atoms with Crippen LogP contribution in [0.2, 0.25) is 0 Å². The molecule has 0 fully saturated rings. The molecule has 1 unspecified atom stereocenters. The number of alkyl halides is 3. The van der Waals surface area contributed by atoms with Gasteiger partial charge in [0.2, 0.25) is 0 Å². The fraction of sp³-hybridized carbons (Fsp3) is 1.00. The van der Waals surface area contributed by atoms with Gasteiger partial charge in [0, 0.05) is 4.43 Å². The van der Waals surface area contributed by atoms with Gasteiger partial charge >= 0.3 is 0 Å². The Kier molecular flexibility index (Phi) is 4.57. The van der Waals surface area contributed by atoms with Crippen LogP contribution in [0.4, 0.5) is 4.39 Å². The van der Waals surface area contributed by atoms with Gasteiger partial charge in [0.15, 0.2) is 4.18 Å². The van der Waals surface area contributed by atoms with Crippen molar-refractivity contribution >= 4 is 45.2 Å². The molecule has 0 aromatic heterocycles. The third kappa shape index (κ3) is 5.39. The zero-order valence-corrected chi connectivity index (χ0v) is 6.73. The predicted molar refractivity (Wildman–Crippen MR) is 37.8 cm³/mol. The quantitative estimate of drug-likeness (QED) is 0.514. The highest BCUT2D eigenvalue weighted by molar-refractivity contribution is 14.1. The number of hydrogen-bond acceptors (Lipinski definition) is 0. The minimum absolute atomic E-state index is 0.596. The normalized spacial score (nSPS) is 15.0. The van der Waals surface area contributed by atoms with Crippen LogP contribution in [0.15, 0.2) is 0 Å². The van der Waals surface area contributed by atoms with Crippen LogP contribution in [0.1, 0.15) is 0 Å². The molecule has 0 aliphatic carbocycles. The highest BCUT2D eigenvalue weighted by Gasteiger charge is 1.89. The Hall–Kier alpha value is 1.39. The largest absolute Gasteiger partial charge is 0.235 e. The van der Waals surface area contributed by atoms with E-state index in [0.29, 0.717) is 4.43 Å². The van der Waals surface area contributed by atoms with Gasteiger partial charge in [0.1, 0.15) is 0 Å². The van der Waals surface area contributed by atoms with Crippen LogP contribution < -0.4 is 0 Å². The summed E-state index contributed by atoms with van der Waals surface area (Å²) in [6, 6.07) is 0. The molecule has 0 N–H and O–H groups in total. The van der Waals surface area contributed by atoms with Crippen molar-refractivity contribution < 1.29 is 4.39 Å². The molecular formula is C2H3FI2. The fourth-order valence-corrected chi connectivity index (χ4v) is 0. The van der Waals surface area contributed by atoms with E-state index in [2.05, 4.69) is 0 Å². The zero-order valence-electron chi connectivity index (χ0n) is 2.42. The maximum Gasteiger partial charge on any atom is 0.160 e. The van der Waals surface area contributed by atoms with Crippen LogP contribution in [-0.2, 0) is 0 Å². The monoisotopic (exact) mass is 300 g/mol. The van der Waals surface area contributed by atoms with Crippen LogP contribution >= 0.6 is 45.2 Å². The Morgan fingerprint density at radius 2 is 2.00 bits per heavy atom. The average Bonchev–Trinajstić information content (AvgIpc) is 1.38. The van der Waals surface area contributed by atoms with Crippen molar-refractivity contribution in [2.75, 3.05) is 4.43 Å². The van der Waals surface area contributed by atoms with E-state index >= 15 is 0 Å². The summed E-state index contributed by atoms with van der Waals surface area (Å²) in [6.07, 6.45) is 0. The maximum atomic E-state index is 11.4. The van der Waals surface area contributed by atoms with Crippen LogP contribution in [0, 0.1) is 0 Å². The molecule has 0 spiro atoms. The van der Waals surface area contributed by atoms with Gasteiger partial charge in [-0.1, -0.05) is 22.6 Å². The van der Waals surface area contributed by atoms with E-state index in [4.69, 9.17) is 0 Å². The van der Waals surface area contributed by atoms with Crippen molar-refractivity contribution in [2.45, 2.75) is 4.18 Å². The second-order valence-electron chi connectivity index (χ2n) is 0.545. The lowest BCUT2D eigenvalue weighted by Crippen LogP contribution is -1.82. The molecule has 5 heavy (non-hydrogen) atoms. The average molecular weight is 300 g/mol. The topological polar surface area (TPSA) is 0 Å². The van der Waals surface area contributed by atoms with Crippen molar-refractivity contribution in [3.05, 3.63) is 0 Å². The smallest absolute Gasteiger partial charge is 0.160 e. The molecule has 0 aromatic carbocycles. The molecule has 0 nitrogen and oxygen atoms in total. The predicted octanol–water partition coefficient (Wildman–Crippen LogP) is 2.15. The van der Waals surface area contributed by atoms with E-state index in [-0.39, 0.29) is 0 Å².